The van der Waals surface area contributed by atoms with Gasteiger partial charge in [-0.25, -0.2) is 0 Å². The number of likely N-dealkylation sites (N-methyl/N-ethyl adjacent to an activating group) is 1. The van der Waals surface area contributed by atoms with Crippen LogP contribution in [0.15, 0.2) is 24.3 Å². The number of carbonyl (C=O) groups is 1. The zero-order valence-electron chi connectivity index (χ0n) is 13.4. The summed E-state index contributed by atoms with van der Waals surface area (Å²) in [5, 5.41) is 3.20. The van der Waals surface area contributed by atoms with Crippen LogP contribution in [0.4, 0.5) is 0 Å². The molecule has 6 heteroatoms. The van der Waals surface area contributed by atoms with Crippen LogP contribution in [0.3, 0.4) is 0 Å². The van der Waals surface area contributed by atoms with Crippen molar-refractivity contribution in [2.24, 2.45) is 0 Å². The van der Waals surface area contributed by atoms with Crippen LogP contribution in [-0.4, -0.2) is 56.8 Å². The summed E-state index contributed by atoms with van der Waals surface area (Å²) in [4.78, 5) is 14.0. The van der Waals surface area contributed by atoms with Gasteiger partial charge in [0.15, 0.2) is 0 Å². The van der Waals surface area contributed by atoms with Gasteiger partial charge < -0.3 is 19.7 Å². The number of para-hydroxylation sites is 1. The fourth-order valence-corrected chi connectivity index (χ4v) is 2.46. The predicted molar refractivity (Wildman–Crippen MR) is 88.8 cm³/mol. The zero-order chi connectivity index (χ0) is 15.2. The number of benzene rings is 1. The van der Waals surface area contributed by atoms with Gasteiger partial charge in [0.2, 0.25) is 5.91 Å². The summed E-state index contributed by atoms with van der Waals surface area (Å²) in [6, 6.07) is 7.75. The molecule has 22 heavy (non-hydrogen) atoms. The van der Waals surface area contributed by atoms with Crippen LogP contribution in [0, 0.1) is 6.92 Å². The second kappa shape index (κ2) is 8.98. The summed E-state index contributed by atoms with van der Waals surface area (Å²) < 4.78 is 11.0. The molecule has 0 aromatic heterocycles. The maximum absolute atomic E-state index is 12.3. The molecule has 1 amide bonds. The van der Waals surface area contributed by atoms with E-state index in [1.54, 1.807) is 12.0 Å². The Morgan fingerprint density at radius 1 is 1.41 bits per heavy atom. The minimum atomic E-state index is -0.140. The molecule has 5 nitrogen and oxygen atoms in total. The summed E-state index contributed by atoms with van der Waals surface area (Å²) in [5.74, 6) is 0.972. The minimum Gasteiger partial charge on any atom is -0.491 e. The lowest BCUT2D eigenvalue weighted by atomic mass is 10.2. The molecular formula is C16H25ClN2O3. The lowest BCUT2D eigenvalue weighted by molar-refractivity contribution is -0.132. The molecule has 1 saturated heterocycles. The third-order valence-electron chi connectivity index (χ3n) is 3.88. The van der Waals surface area contributed by atoms with Crippen molar-refractivity contribution in [3.8, 4) is 5.75 Å². The first-order chi connectivity index (χ1) is 10.1. The average molecular weight is 329 g/mol. The van der Waals surface area contributed by atoms with Crippen molar-refractivity contribution in [3.63, 3.8) is 0 Å². The number of ether oxygens (including phenoxy) is 2. The number of hydrogen-bond acceptors (Lipinski definition) is 4. The van der Waals surface area contributed by atoms with Crippen molar-refractivity contribution in [1.29, 1.82) is 0 Å². The molecule has 0 saturated carbocycles. The highest BCUT2D eigenvalue weighted by Crippen LogP contribution is 2.16. The number of nitrogens with one attached hydrogen (secondary N) is 1. The standard InChI is InChI=1S/C16H24N2O3.ClH/c1-12-6-4-5-7-15(12)21-9-8-18(2)16(19)14-10-13(20-3)11-17-14;/h4-7,13-14,17H,8-11H2,1-3H3;1H/t13-,14-;/m0./s1. The largest absolute Gasteiger partial charge is 0.491 e. The molecule has 2 atom stereocenters. The molecule has 1 N–H and O–H groups in total. The number of halogens is 1. The highest BCUT2D eigenvalue weighted by molar-refractivity contribution is 5.85. The highest BCUT2D eigenvalue weighted by Gasteiger charge is 2.30. The molecule has 0 radical (unpaired) electrons. The van der Waals surface area contributed by atoms with E-state index >= 15 is 0 Å². The summed E-state index contributed by atoms with van der Waals surface area (Å²) in [6.07, 6.45) is 0.869. The van der Waals surface area contributed by atoms with Gasteiger partial charge in [0.25, 0.3) is 0 Å². The molecule has 124 valence electrons. The Labute approximate surface area is 138 Å². The van der Waals surface area contributed by atoms with Crippen molar-refractivity contribution >= 4 is 18.3 Å². The number of carbonyl (C=O) groups excluding carboxylic acids is 1. The number of amides is 1. The van der Waals surface area contributed by atoms with Gasteiger partial charge in [0.1, 0.15) is 12.4 Å². The Kier molecular flexibility index (Phi) is 7.65. The molecule has 1 aliphatic rings. The molecule has 1 aromatic carbocycles. The number of methoxy groups -OCH3 is 1. The van der Waals surface area contributed by atoms with E-state index in [1.807, 2.05) is 38.2 Å². The molecular weight excluding hydrogens is 304 g/mol. The number of nitrogens with zero attached hydrogens (tertiary/aromatic N) is 1. The quantitative estimate of drug-likeness (QED) is 0.862. The topological polar surface area (TPSA) is 50.8 Å². The first kappa shape index (κ1) is 18.7. The zero-order valence-corrected chi connectivity index (χ0v) is 14.2. The first-order valence-electron chi connectivity index (χ1n) is 7.31. The molecule has 0 spiro atoms. The van der Waals surface area contributed by atoms with E-state index in [2.05, 4.69) is 5.32 Å². The Balaban J connectivity index is 0.00000242. The number of hydrogen-bond donors (Lipinski definition) is 1. The molecule has 0 aliphatic carbocycles. The van der Waals surface area contributed by atoms with Crippen molar-refractivity contribution < 1.29 is 14.3 Å². The molecule has 0 bridgehead atoms. The van der Waals surface area contributed by atoms with Gasteiger partial charge in [-0.2, -0.15) is 0 Å². The summed E-state index contributed by atoms with van der Waals surface area (Å²) in [7, 11) is 3.49. The maximum Gasteiger partial charge on any atom is 0.239 e. The molecule has 2 rings (SSSR count). The smallest absolute Gasteiger partial charge is 0.239 e. The fraction of sp³-hybridized carbons (Fsp3) is 0.562. The number of rotatable bonds is 6. The van der Waals surface area contributed by atoms with Crippen molar-refractivity contribution in [2.75, 3.05) is 33.9 Å². The van der Waals surface area contributed by atoms with E-state index in [-0.39, 0.29) is 30.5 Å². The van der Waals surface area contributed by atoms with Crippen LogP contribution >= 0.6 is 12.4 Å². The van der Waals surface area contributed by atoms with Crippen LogP contribution in [0.1, 0.15) is 12.0 Å². The normalized spacial score (nSPS) is 20.3. The van der Waals surface area contributed by atoms with Gasteiger partial charge in [-0.1, -0.05) is 18.2 Å². The maximum atomic E-state index is 12.3. The third kappa shape index (κ3) is 4.87. The van der Waals surface area contributed by atoms with E-state index in [0.717, 1.165) is 24.3 Å². The van der Waals surface area contributed by atoms with Gasteiger partial charge in [0, 0.05) is 20.7 Å². The Morgan fingerprint density at radius 3 is 2.77 bits per heavy atom. The van der Waals surface area contributed by atoms with Gasteiger partial charge in [-0.15, -0.1) is 12.4 Å². The van der Waals surface area contributed by atoms with E-state index in [1.165, 1.54) is 0 Å². The van der Waals surface area contributed by atoms with E-state index in [9.17, 15) is 4.79 Å². The van der Waals surface area contributed by atoms with E-state index in [4.69, 9.17) is 9.47 Å². The Bertz CT molecular complexity index is 484. The Hall–Kier alpha value is -1.30. The minimum absolute atomic E-state index is 0. The lowest BCUT2D eigenvalue weighted by Crippen LogP contribution is -2.43. The molecule has 1 aromatic rings. The third-order valence-corrected chi connectivity index (χ3v) is 3.88. The van der Waals surface area contributed by atoms with E-state index < -0.39 is 0 Å². The van der Waals surface area contributed by atoms with Gasteiger partial charge in [-0.05, 0) is 25.0 Å². The van der Waals surface area contributed by atoms with Crippen LogP contribution in [0.25, 0.3) is 0 Å². The van der Waals surface area contributed by atoms with Crippen LogP contribution < -0.4 is 10.1 Å². The predicted octanol–water partition coefficient (Wildman–Crippen LogP) is 1.63. The Morgan fingerprint density at radius 2 is 2.14 bits per heavy atom. The summed E-state index contributed by atoms with van der Waals surface area (Å²) in [6.45, 7) is 3.81. The van der Waals surface area contributed by atoms with Crippen molar-refractivity contribution in [1.82, 2.24) is 10.2 Å². The highest BCUT2D eigenvalue weighted by atomic mass is 35.5. The van der Waals surface area contributed by atoms with Gasteiger partial charge in [0.05, 0.1) is 18.7 Å². The number of aryl methyl sites for hydroxylation is 1. The van der Waals surface area contributed by atoms with E-state index in [0.29, 0.717) is 13.2 Å². The fourth-order valence-electron chi connectivity index (χ4n) is 2.46. The van der Waals surface area contributed by atoms with Crippen molar-refractivity contribution in [2.45, 2.75) is 25.5 Å². The molecule has 1 heterocycles. The second-order valence-corrected chi connectivity index (χ2v) is 5.43. The lowest BCUT2D eigenvalue weighted by Gasteiger charge is -2.21. The van der Waals surface area contributed by atoms with Crippen LogP contribution in [-0.2, 0) is 9.53 Å². The van der Waals surface area contributed by atoms with Crippen molar-refractivity contribution in [3.05, 3.63) is 29.8 Å². The molecule has 1 aliphatic heterocycles. The molecule has 1 fully saturated rings. The SMILES string of the molecule is CO[C@@H]1CN[C@H](C(=O)N(C)CCOc2ccccc2C)C1.Cl. The van der Waals surface area contributed by atoms with Gasteiger partial charge >= 0.3 is 0 Å². The monoisotopic (exact) mass is 328 g/mol. The van der Waals surface area contributed by atoms with Gasteiger partial charge in [-0.3, -0.25) is 4.79 Å². The molecule has 0 unspecified atom stereocenters. The first-order valence-corrected chi connectivity index (χ1v) is 7.31. The summed E-state index contributed by atoms with van der Waals surface area (Å²) >= 11 is 0. The van der Waals surface area contributed by atoms with Crippen LogP contribution in [0.2, 0.25) is 0 Å². The average Bonchev–Trinajstić information content (AvgIpc) is 2.97. The second-order valence-electron chi connectivity index (χ2n) is 5.43. The van der Waals surface area contributed by atoms with Crippen LogP contribution in [0.5, 0.6) is 5.75 Å². The summed E-state index contributed by atoms with van der Waals surface area (Å²) in [5.41, 5.74) is 1.10.